The first kappa shape index (κ1) is 18.5. The zero-order valence-corrected chi connectivity index (χ0v) is 16.4. The van der Waals surface area contributed by atoms with Crippen molar-refractivity contribution in [3.05, 3.63) is 0 Å². The van der Waals surface area contributed by atoms with Gasteiger partial charge in [0.05, 0.1) is 6.10 Å². The molecule has 0 aromatic carbocycles. The highest BCUT2D eigenvalue weighted by Crippen LogP contribution is 2.60. The molecule has 1 heterocycles. The first-order valence-electron chi connectivity index (χ1n) is 10.9. The van der Waals surface area contributed by atoms with Crippen LogP contribution in [0.4, 0.5) is 0 Å². The van der Waals surface area contributed by atoms with Crippen LogP contribution in [0.2, 0.25) is 0 Å². The maximum absolute atomic E-state index is 9.55. The van der Waals surface area contributed by atoms with E-state index in [2.05, 4.69) is 15.6 Å². The van der Waals surface area contributed by atoms with Gasteiger partial charge in [-0.05, 0) is 43.9 Å². The minimum Gasteiger partial charge on any atom is -0.396 e. The van der Waals surface area contributed by atoms with Crippen molar-refractivity contribution < 1.29 is 9.84 Å². The quantitative estimate of drug-likeness (QED) is 0.519. The highest BCUT2D eigenvalue weighted by atomic mass is 16.5. The largest absolute Gasteiger partial charge is 0.396 e. The Labute approximate surface area is 158 Å². The summed E-state index contributed by atoms with van der Waals surface area (Å²) in [6.45, 7) is 2.15. The van der Waals surface area contributed by atoms with E-state index in [0.29, 0.717) is 30.1 Å². The van der Waals surface area contributed by atoms with Gasteiger partial charge in [-0.25, -0.2) is 0 Å². The second-order valence-electron chi connectivity index (χ2n) is 9.27. The Morgan fingerprint density at radius 1 is 1.12 bits per heavy atom. The van der Waals surface area contributed by atoms with Crippen LogP contribution in [0.25, 0.3) is 0 Å². The normalized spacial score (nSPS) is 35.2. The molecule has 0 aromatic heterocycles. The van der Waals surface area contributed by atoms with Crippen molar-refractivity contribution in [2.24, 2.45) is 21.7 Å². The summed E-state index contributed by atoms with van der Waals surface area (Å²) < 4.78 is 6.11. The number of hydrogen-bond acceptors (Lipinski definition) is 3. The molecule has 4 fully saturated rings. The molecule has 3 atom stereocenters. The molecule has 3 saturated carbocycles. The van der Waals surface area contributed by atoms with Crippen LogP contribution in [-0.2, 0) is 4.74 Å². The van der Waals surface area contributed by atoms with Gasteiger partial charge in [-0.3, -0.25) is 4.99 Å². The molecule has 3 N–H and O–H groups in total. The van der Waals surface area contributed by atoms with Gasteiger partial charge in [-0.1, -0.05) is 32.1 Å². The number of nitrogens with one attached hydrogen (secondary N) is 2. The molecule has 148 valence electrons. The molecule has 3 aliphatic carbocycles. The smallest absolute Gasteiger partial charge is 0.191 e. The predicted molar refractivity (Wildman–Crippen MR) is 104 cm³/mol. The van der Waals surface area contributed by atoms with Crippen molar-refractivity contribution >= 4 is 5.96 Å². The van der Waals surface area contributed by atoms with E-state index in [4.69, 9.17) is 4.74 Å². The van der Waals surface area contributed by atoms with Crippen molar-refractivity contribution in [2.75, 3.05) is 26.8 Å². The van der Waals surface area contributed by atoms with Gasteiger partial charge >= 0.3 is 0 Å². The molecule has 3 unspecified atom stereocenters. The zero-order chi connectivity index (χ0) is 18.0. The maximum atomic E-state index is 9.55. The van der Waals surface area contributed by atoms with Crippen LogP contribution in [0.15, 0.2) is 4.99 Å². The fourth-order valence-corrected chi connectivity index (χ4v) is 6.57. The van der Waals surface area contributed by atoms with Crippen molar-refractivity contribution in [1.29, 1.82) is 0 Å². The lowest BCUT2D eigenvalue weighted by atomic mass is 9.54. The van der Waals surface area contributed by atoms with E-state index in [1.54, 1.807) is 0 Å². The molecule has 1 saturated heterocycles. The number of aliphatic imine (C=N–C) groups is 1. The number of nitrogens with zero attached hydrogens (tertiary/aromatic N) is 1. The summed E-state index contributed by atoms with van der Waals surface area (Å²) in [4.78, 5) is 4.55. The number of aliphatic hydroxyl groups is 1. The second-order valence-corrected chi connectivity index (χ2v) is 9.27. The second kappa shape index (κ2) is 7.67. The number of rotatable bonds is 5. The van der Waals surface area contributed by atoms with Gasteiger partial charge in [0.25, 0.3) is 0 Å². The Balaban J connectivity index is 1.38. The Hall–Kier alpha value is -0.810. The lowest BCUT2D eigenvalue weighted by Gasteiger charge is -2.57. The van der Waals surface area contributed by atoms with Crippen molar-refractivity contribution in [1.82, 2.24) is 10.6 Å². The fourth-order valence-electron chi connectivity index (χ4n) is 6.57. The molecule has 0 bridgehead atoms. The highest BCUT2D eigenvalue weighted by molar-refractivity contribution is 5.80. The summed E-state index contributed by atoms with van der Waals surface area (Å²) in [7, 11) is 1.89. The third-order valence-electron chi connectivity index (χ3n) is 7.99. The van der Waals surface area contributed by atoms with Gasteiger partial charge in [-0.2, -0.15) is 0 Å². The maximum Gasteiger partial charge on any atom is 0.191 e. The highest BCUT2D eigenvalue weighted by Gasteiger charge is 2.65. The molecule has 0 aromatic rings. The van der Waals surface area contributed by atoms with Crippen molar-refractivity contribution in [3.8, 4) is 0 Å². The first-order chi connectivity index (χ1) is 12.7. The van der Waals surface area contributed by atoms with E-state index in [1.807, 2.05) is 7.05 Å². The summed E-state index contributed by atoms with van der Waals surface area (Å²) in [6, 6.07) is 0.517. The van der Waals surface area contributed by atoms with Crippen molar-refractivity contribution in [2.45, 2.75) is 82.8 Å². The number of hydrogen-bond donors (Lipinski definition) is 3. The molecule has 0 amide bonds. The minimum atomic E-state index is 0.244. The third kappa shape index (κ3) is 3.15. The van der Waals surface area contributed by atoms with E-state index in [-0.39, 0.29) is 5.41 Å². The molecular weight excluding hydrogens is 326 g/mol. The van der Waals surface area contributed by atoms with Gasteiger partial charge in [0.1, 0.15) is 0 Å². The van der Waals surface area contributed by atoms with Crippen LogP contribution in [0, 0.1) is 16.7 Å². The molecule has 4 rings (SSSR count). The van der Waals surface area contributed by atoms with Crippen molar-refractivity contribution in [3.63, 3.8) is 0 Å². The van der Waals surface area contributed by atoms with Gasteiger partial charge < -0.3 is 20.5 Å². The number of fused-ring (bicyclic) bond motifs is 2. The SMILES string of the molecule is CN=C(NCC1(CCO)CCCCC1)NC1C2CCOC2C12CCCC2. The van der Waals surface area contributed by atoms with Gasteiger partial charge in [0.2, 0.25) is 0 Å². The van der Waals surface area contributed by atoms with Crippen LogP contribution in [0.3, 0.4) is 0 Å². The van der Waals surface area contributed by atoms with E-state index in [9.17, 15) is 5.11 Å². The lowest BCUT2D eigenvalue weighted by molar-refractivity contribution is -0.125. The fraction of sp³-hybridized carbons (Fsp3) is 0.952. The van der Waals surface area contributed by atoms with Gasteiger partial charge in [0, 0.05) is 44.2 Å². The average molecular weight is 364 g/mol. The molecule has 5 heteroatoms. The Morgan fingerprint density at radius 2 is 1.85 bits per heavy atom. The van der Waals surface area contributed by atoms with Gasteiger partial charge in [0.15, 0.2) is 5.96 Å². The van der Waals surface area contributed by atoms with Crippen LogP contribution in [0.1, 0.15) is 70.6 Å². The third-order valence-corrected chi connectivity index (χ3v) is 7.99. The molecular formula is C21H37N3O2. The monoisotopic (exact) mass is 363 g/mol. The molecule has 5 nitrogen and oxygen atoms in total. The zero-order valence-electron chi connectivity index (χ0n) is 16.4. The molecule has 1 spiro atoms. The summed E-state index contributed by atoms with van der Waals surface area (Å²) >= 11 is 0. The van der Waals surface area contributed by atoms with Crippen LogP contribution in [-0.4, -0.2) is 50.0 Å². The Bertz CT molecular complexity index is 504. The van der Waals surface area contributed by atoms with E-state index in [1.165, 1.54) is 64.2 Å². The number of aliphatic hydroxyl groups excluding tert-OH is 1. The Kier molecular flexibility index (Phi) is 5.47. The topological polar surface area (TPSA) is 65.9 Å². The molecule has 26 heavy (non-hydrogen) atoms. The summed E-state index contributed by atoms with van der Waals surface area (Å²) in [6.07, 6.45) is 14.3. The summed E-state index contributed by atoms with van der Waals surface area (Å²) in [5.41, 5.74) is 0.598. The van der Waals surface area contributed by atoms with E-state index in [0.717, 1.165) is 25.5 Å². The Morgan fingerprint density at radius 3 is 2.54 bits per heavy atom. The first-order valence-corrected chi connectivity index (χ1v) is 10.9. The number of ether oxygens (including phenoxy) is 1. The standard InChI is InChI=1S/C21H37N3O2/c1-22-19(23-15-20(12-13-25)8-3-2-4-9-20)24-17-16-7-14-26-18(16)21(17)10-5-6-11-21/h16-18,25H,2-15H2,1H3,(H2,22,23,24). The minimum absolute atomic E-state index is 0.244. The molecule has 4 aliphatic rings. The van der Waals surface area contributed by atoms with E-state index >= 15 is 0 Å². The summed E-state index contributed by atoms with van der Waals surface area (Å²) in [5, 5.41) is 17.0. The lowest BCUT2D eigenvalue weighted by Crippen LogP contribution is -2.69. The molecule has 0 radical (unpaired) electrons. The van der Waals surface area contributed by atoms with Gasteiger partial charge in [-0.15, -0.1) is 0 Å². The predicted octanol–water partition coefficient (Wildman–Crippen LogP) is 2.83. The van der Waals surface area contributed by atoms with Crippen LogP contribution < -0.4 is 10.6 Å². The average Bonchev–Trinajstić information content (AvgIpc) is 3.32. The summed E-state index contributed by atoms with van der Waals surface area (Å²) in [5.74, 6) is 1.61. The molecule has 1 aliphatic heterocycles. The van der Waals surface area contributed by atoms with Crippen LogP contribution in [0.5, 0.6) is 0 Å². The number of guanidine groups is 1. The van der Waals surface area contributed by atoms with Crippen LogP contribution >= 0.6 is 0 Å². The van der Waals surface area contributed by atoms with E-state index < -0.39 is 0 Å².